The third-order valence-corrected chi connectivity index (χ3v) is 5.00. The summed E-state index contributed by atoms with van der Waals surface area (Å²) in [6, 6.07) is 2.11. The normalized spacial score (nSPS) is 38.2. The van der Waals surface area contributed by atoms with Gasteiger partial charge in [-0.25, -0.2) is 0 Å². The fourth-order valence-corrected chi connectivity index (χ4v) is 4.09. The van der Waals surface area contributed by atoms with Crippen molar-refractivity contribution in [1.82, 2.24) is 4.90 Å². The number of piperidine rings is 1. The lowest BCUT2D eigenvalue weighted by atomic mass is 9.94. The smallest absolute Gasteiger partial charge is 0.0114 e. The van der Waals surface area contributed by atoms with Crippen molar-refractivity contribution in [2.45, 2.75) is 75.9 Å². The molecule has 2 saturated heterocycles. The van der Waals surface area contributed by atoms with Gasteiger partial charge in [0.05, 0.1) is 0 Å². The summed E-state index contributed by atoms with van der Waals surface area (Å²) in [7, 11) is 0. The average Bonchev–Trinajstić information content (AvgIpc) is 2.59. The molecular weight excluding hydrogens is 208 g/mol. The van der Waals surface area contributed by atoms with E-state index in [4.69, 9.17) is 5.73 Å². The van der Waals surface area contributed by atoms with Gasteiger partial charge in [0.15, 0.2) is 0 Å². The topological polar surface area (TPSA) is 29.3 Å². The van der Waals surface area contributed by atoms with Crippen molar-refractivity contribution < 1.29 is 0 Å². The first-order chi connectivity index (χ1) is 8.33. The van der Waals surface area contributed by atoms with E-state index < -0.39 is 0 Å². The van der Waals surface area contributed by atoms with E-state index >= 15 is 0 Å². The van der Waals surface area contributed by atoms with Gasteiger partial charge >= 0.3 is 0 Å². The first-order valence-electron chi connectivity index (χ1n) is 7.52. The molecular formula is C15H26N2. The van der Waals surface area contributed by atoms with Gasteiger partial charge in [-0.1, -0.05) is 11.6 Å². The molecule has 2 unspecified atom stereocenters. The summed E-state index contributed by atoms with van der Waals surface area (Å²) < 4.78 is 0. The van der Waals surface area contributed by atoms with E-state index in [1.165, 1.54) is 64.3 Å². The van der Waals surface area contributed by atoms with E-state index in [1.807, 2.05) is 0 Å². The van der Waals surface area contributed by atoms with Gasteiger partial charge < -0.3 is 5.73 Å². The highest BCUT2D eigenvalue weighted by Gasteiger charge is 2.38. The zero-order chi connectivity index (χ0) is 11.7. The SMILES string of the molecule is NC1CC2CCC(C1)N2CCC1=CCCCC1. The van der Waals surface area contributed by atoms with Crippen molar-refractivity contribution >= 4 is 0 Å². The Labute approximate surface area is 105 Å². The predicted molar refractivity (Wildman–Crippen MR) is 71.9 cm³/mol. The van der Waals surface area contributed by atoms with E-state index in [1.54, 1.807) is 5.57 Å². The van der Waals surface area contributed by atoms with Gasteiger partial charge in [0, 0.05) is 24.7 Å². The van der Waals surface area contributed by atoms with Gasteiger partial charge in [0.1, 0.15) is 0 Å². The summed E-state index contributed by atoms with van der Waals surface area (Å²) in [6.07, 6.45) is 14.6. The Balaban J connectivity index is 1.54. The summed E-state index contributed by atoms with van der Waals surface area (Å²) in [6.45, 7) is 1.30. The molecule has 2 N–H and O–H groups in total. The van der Waals surface area contributed by atoms with Crippen LogP contribution in [0.2, 0.25) is 0 Å². The van der Waals surface area contributed by atoms with Crippen LogP contribution in [0, 0.1) is 0 Å². The molecule has 0 saturated carbocycles. The Morgan fingerprint density at radius 2 is 1.94 bits per heavy atom. The Bertz CT molecular complexity index is 283. The van der Waals surface area contributed by atoms with Crippen molar-refractivity contribution in [3.05, 3.63) is 11.6 Å². The summed E-state index contributed by atoms with van der Waals surface area (Å²) >= 11 is 0. The minimum absolute atomic E-state index is 0.484. The molecule has 2 heterocycles. The largest absolute Gasteiger partial charge is 0.328 e. The van der Waals surface area contributed by atoms with Crippen molar-refractivity contribution in [2.24, 2.45) is 5.73 Å². The number of rotatable bonds is 3. The van der Waals surface area contributed by atoms with Crippen molar-refractivity contribution in [3.8, 4) is 0 Å². The number of nitrogens with zero attached hydrogens (tertiary/aromatic N) is 1. The second kappa shape index (κ2) is 5.11. The van der Waals surface area contributed by atoms with Crippen molar-refractivity contribution in [2.75, 3.05) is 6.54 Å². The molecule has 2 nitrogen and oxygen atoms in total. The van der Waals surface area contributed by atoms with Crippen LogP contribution < -0.4 is 5.73 Å². The summed E-state index contributed by atoms with van der Waals surface area (Å²) in [5.41, 5.74) is 7.85. The number of fused-ring (bicyclic) bond motifs is 2. The van der Waals surface area contributed by atoms with Crippen LogP contribution in [-0.4, -0.2) is 29.6 Å². The molecule has 0 aromatic rings. The van der Waals surface area contributed by atoms with E-state index in [9.17, 15) is 0 Å². The molecule has 2 aliphatic heterocycles. The van der Waals surface area contributed by atoms with Crippen LogP contribution >= 0.6 is 0 Å². The monoisotopic (exact) mass is 234 g/mol. The minimum atomic E-state index is 0.484. The molecule has 0 amide bonds. The highest BCUT2D eigenvalue weighted by Crippen LogP contribution is 2.35. The molecule has 0 radical (unpaired) electrons. The summed E-state index contributed by atoms with van der Waals surface area (Å²) in [4.78, 5) is 2.78. The molecule has 1 aliphatic carbocycles. The van der Waals surface area contributed by atoms with Crippen molar-refractivity contribution in [1.29, 1.82) is 0 Å². The maximum absolute atomic E-state index is 6.12. The molecule has 2 bridgehead atoms. The lowest BCUT2D eigenvalue weighted by Gasteiger charge is -2.38. The first-order valence-corrected chi connectivity index (χ1v) is 7.52. The number of allylic oxidation sites excluding steroid dienone is 1. The first kappa shape index (κ1) is 11.7. The van der Waals surface area contributed by atoms with Gasteiger partial charge in [-0.05, 0) is 57.8 Å². The van der Waals surface area contributed by atoms with Crippen LogP contribution in [0.4, 0.5) is 0 Å². The highest BCUT2D eigenvalue weighted by atomic mass is 15.2. The molecule has 2 heteroatoms. The van der Waals surface area contributed by atoms with E-state index in [0.717, 1.165) is 12.1 Å². The lowest BCUT2D eigenvalue weighted by molar-refractivity contribution is 0.129. The van der Waals surface area contributed by atoms with E-state index in [0.29, 0.717) is 6.04 Å². The van der Waals surface area contributed by atoms with Crippen LogP contribution in [0.1, 0.15) is 57.8 Å². The average molecular weight is 234 g/mol. The number of nitrogens with two attached hydrogens (primary N) is 1. The molecule has 2 fully saturated rings. The fourth-order valence-electron chi connectivity index (χ4n) is 4.09. The van der Waals surface area contributed by atoms with Gasteiger partial charge in [-0.15, -0.1) is 0 Å². The lowest BCUT2D eigenvalue weighted by Crippen LogP contribution is -2.47. The maximum atomic E-state index is 6.12. The van der Waals surface area contributed by atoms with Crippen LogP contribution in [0.25, 0.3) is 0 Å². The van der Waals surface area contributed by atoms with E-state index in [2.05, 4.69) is 11.0 Å². The maximum Gasteiger partial charge on any atom is 0.0114 e. The predicted octanol–water partition coefficient (Wildman–Crippen LogP) is 2.83. The summed E-state index contributed by atoms with van der Waals surface area (Å²) in [5.74, 6) is 0. The van der Waals surface area contributed by atoms with Crippen LogP contribution in [0.15, 0.2) is 11.6 Å². The number of hydrogen-bond donors (Lipinski definition) is 1. The molecule has 96 valence electrons. The second-order valence-corrected chi connectivity index (χ2v) is 6.21. The molecule has 0 spiro atoms. The standard InChI is InChI=1S/C15H26N2/c16-13-10-14-6-7-15(11-13)17(14)9-8-12-4-2-1-3-5-12/h4,13-15H,1-3,5-11,16H2. The Morgan fingerprint density at radius 1 is 1.18 bits per heavy atom. The Morgan fingerprint density at radius 3 is 2.59 bits per heavy atom. The Kier molecular flexibility index (Phi) is 3.53. The molecule has 3 aliphatic rings. The highest BCUT2D eigenvalue weighted by molar-refractivity contribution is 5.06. The fraction of sp³-hybridized carbons (Fsp3) is 0.867. The molecule has 17 heavy (non-hydrogen) atoms. The Hall–Kier alpha value is -0.340. The third kappa shape index (κ3) is 2.58. The van der Waals surface area contributed by atoms with Crippen LogP contribution in [0.3, 0.4) is 0 Å². The van der Waals surface area contributed by atoms with Gasteiger partial charge in [0.25, 0.3) is 0 Å². The molecule has 0 aromatic heterocycles. The van der Waals surface area contributed by atoms with Crippen molar-refractivity contribution in [3.63, 3.8) is 0 Å². The molecule has 0 aromatic carbocycles. The quantitative estimate of drug-likeness (QED) is 0.761. The zero-order valence-electron chi connectivity index (χ0n) is 10.9. The van der Waals surface area contributed by atoms with E-state index in [-0.39, 0.29) is 0 Å². The third-order valence-electron chi connectivity index (χ3n) is 5.00. The van der Waals surface area contributed by atoms with Gasteiger partial charge in [-0.2, -0.15) is 0 Å². The second-order valence-electron chi connectivity index (χ2n) is 6.21. The minimum Gasteiger partial charge on any atom is -0.328 e. The van der Waals surface area contributed by atoms with Gasteiger partial charge in [-0.3, -0.25) is 4.90 Å². The molecule has 2 atom stereocenters. The van der Waals surface area contributed by atoms with Crippen LogP contribution in [-0.2, 0) is 0 Å². The molecule has 3 rings (SSSR count). The number of hydrogen-bond acceptors (Lipinski definition) is 2. The van der Waals surface area contributed by atoms with Crippen LogP contribution in [0.5, 0.6) is 0 Å². The summed E-state index contributed by atoms with van der Waals surface area (Å²) in [5, 5.41) is 0. The van der Waals surface area contributed by atoms with Gasteiger partial charge in [0.2, 0.25) is 0 Å². The zero-order valence-corrected chi connectivity index (χ0v) is 10.9.